The Morgan fingerprint density at radius 2 is 2.11 bits per heavy atom. The van der Waals surface area contributed by atoms with Crippen molar-refractivity contribution in [2.24, 2.45) is 0 Å². The first-order valence-corrected chi connectivity index (χ1v) is 7.97. The molecule has 0 fully saturated rings. The minimum atomic E-state index is -0.0229. The number of benzene rings is 1. The molecular formula is C13H12Br2N2OS. The molecule has 0 aliphatic carbocycles. The molecule has 0 aliphatic heterocycles. The standard InChI is InChI=1S/C13H12Br2N2OS/c1-17(6-10-5-9(14)7-19-10)13(18)8-2-3-12(16)11(15)4-8/h2-5,7H,6,16H2,1H3. The van der Waals surface area contributed by atoms with Crippen LogP contribution in [-0.4, -0.2) is 17.9 Å². The smallest absolute Gasteiger partial charge is 0.253 e. The lowest BCUT2D eigenvalue weighted by molar-refractivity contribution is 0.0786. The summed E-state index contributed by atoms with van der Waals surface area (Å²) in [6.07, 6.45) is 0. The van der Waals surface area contributed by atoms with E-state index < -0.39 is 0 Å². The molecule has 1 amide bonds. The summed E-state index contributed by atoms with van der Waals surface area (Å²) < 4.78 is 1.79. The zero-order valence-electron chi connectivity index (χ0n) is 10.2. The number of nitrogen functional groups attached to an aromatic ring is 1. The van der Waals surface area contributed by atoms with E-state index in [9.17, 15) is 4.79 Å². The van der Waals surface area contributed by atoms with Crippen molar-refractivity contribution in [2.45, 2.75) is 6.54 Å². The molecule has 6 heteroatoms. The molecule has 2 N–H and O–H groups in total. The van der Waals surface area contributed by atoms with Crippen molar-refractivity contribution in [1.82, 2.24) is 4.90 Å². The van der Waals surface area contributed by atoms with E-state index in [2.05, 4.69) is 31.9 Å². The summed E-state index contributed by atoms with van der Waals surface area (Å²) in [4.78, 5) is 15.1. The van der Waals surface area contributed by atoms with Crippen LogP contribution in [0.25, 0.3) is 0 Å². The first-order chi connectivity index (χ1) is 8.97. The molecular weight excluding hydrogens is 392 g/mol. The van der Waals surface area contributed by atoms with E-state index >= 15 is 0 Å². The second-order valence-electron chi connectivity index (χ2n) is 4.13. The Bertz CT molecular complexity index is 612. The number of nitrogens with zero attached hydrogens (tertiary/aromatic N) is 1. The predicted molar refractivity (Wildman–Crippen MR) is 86.4 cm³/mol. The molecule has 0 radical (unpaired) electrons. The van der Waals surface area contributed by atoms with Gasteiger partial charge in [-0.1, -0.05) is 0 Å². The van der Waals surface area contributed by atoms with Gasteiger partial charge in [-0.15, -0.1) is 11.3 Å². The number of anilines is 1. The van der Waals surface area contributed by atoms with Crippen LogP contribution in [0.3, 0.4) is 0 Å². The van der Waals surface area contributed by atoms with Gasteiger partial charge in [0.2, 0.25) is 0 Å². The van der Waals surface area contributed by atoms with E-state index in [4.69, 9.17) is 5.73 Å². The van der Waals surface area contributed by atoms with Gasteiger partial charge in [0.25, 0.3) is 5.91 Å². The fraction of sp³-hybridized carbons (Fsp3) is 0.154. The Morgan fingerprint density at radius 1 is 1.37 bits per heavy atom. The molecule has 0 bridgehead atoms. The minimum absolute atomic E-state index is 0.0229. The van der Waals surface area contributed by atoms with Gasteiger partial charge in [-0.05, 0) is 56.1 Å². The lowest BCUT2D eigenvalue weighted by Crippen LogP contribution is -2.25. The van der Waals surface area contributed by atoms with Crippen LogP contribution in [0, 0.1) is 0 Å². The summed E-state index contributed by atoms with van der Waals surface area (Å²) in [5.74, 6) is -0.0229. The Balaban J connectivity index is 2.12. The maximum absolute atomic E-state index is 12.3. The molecule has 19 heavy (non-hydrogen) atoms. The summed E-state index contributed by atoms with van der Waals surface area (Å²) in [7, 11) is 1.79. The Hall–Kier alpha value is -0.850. The molecule has 1 heterocycles. The first-order valence-electron chi connectivity index (χ1n) is 5.51. The van der Waals surface area contributed by atoms with Gasteiger partial charge in [0.05, 0.1) is 6.54 Å². The van der Waals surface area contributed by atoms with Crippen LogP contribution >= 0.6 is 43.2 Å². The van der Waals surface area contributed by atoms with Crippen LogP contribution in [0.2, 0.25) is 0 Å². The molecule has 3 nitrogen and oxygen atoms in total. The average Bonchev–Trinajstić information content (AvgIpc) is 2.77. The molecule has 0 saturated heterocycles. The van der Waals surface area contributed by atoms with Gasteiger partial charge in [-0.25, -0.2) is 0 Å². The number of amides is 1. The quantitative estimate of drug-likeness (QED) is 0.783. The van der Waals surface area contributed by atoms with Crippen molar-refractivity contribution < 1.29 is 4.79 Å². The van der Waals surface area contributed by atoms with Gasteiger partial charge in [-0.2, -0.15) is 0 Å². The maximum atomic E-state index is 12.3. The van der Waals surface area contributed by atoms with E-state index in [1.807, 2.05) is 11.4 Å². The van der Waals surface area contributed by atoms with Crippen LogP contribution in [0.15, 0.2) is 38.6 Å². The van der Waals surface area contributed by atoms with E-state index in [0.717, 1.165) is 13.8 Å². The summed E-state index contributed by atoms with van der Waals surface area (Å²) in [6, 6.07) is 7.24. The average molecular weight is 404 g/mol. The van der Waals surface area contributed by atoms with Gasteiger partial charge >= 0.3 is 0 Å². The third kappa shape index (κ3) is 3.58. The Morgan fingerprint density at radius 3 is 2.68 bits per heavy atom. The summed E-state index contributed by atoms with van der Waals surface area (Å²) in [5.41, 5.74) is 6.97. The molecule has 0 saturated carbocycles. The van der Waals surface area contributed by atoms with Crippen molar-refractivity contribution in [3.8, 4) is 0 Å². The highest BCUT2D eigenvalue weighted by atomic mass is 79.9. The Kier molecular flexibility index (Phi) is 4.65. The molecule has 2 rings (SSSR count). The summed E-state index contributed by atoms with van der Waals surface area (Å²) >= 11 is 8.37. The molecule has 2 aromatic rings. The molecule has 100 valence electrons. The van der Waals surface area contributed by atoms with E-state index in [0.29, 0.717) is 17.8 Å². The minimum Gasteiger partial charge on any atom is -0.398 e. The van der Waals surface area contributed by atoms with Crippen molar-refractivity contribution in [3.05, 3.63) is 49.0 Å². The maximum Gasteiger partial charge on any atom is 0.253 e. The third-order valence-corrected chi connectivity index (χ3v) is 4.98. The lowest BCUT2D eigenvalue weighted by Gasteiger charge is -2.16. The third-order valence-electron chi connectivity index (χ3n) is 2.61. The number of hydrogen-bond donors (Lipinski definition) is 1. The van der Waals surface area contributed by atoms with Gasteiger partial charge in [0.1, 0.15) is 0 Å². The fourth-order valence-electron chi connectivity index (χ4n) is 1.62. The number of nitrogens with two attached hydrogens (primary N) is 1. The Labute approximate surface area is 132 Å². The first kappa shape index (κ1) is 14.6. The monoisotopic (exact) mass is 402 g/mol. The topological polar surface area (TPSA) is 46.3 Å². The van der Waals surface area contributed by atoms with Crippen molar-refractivity contribution in [3.63, 3.8) is 0 Å². The van der Waals surface area contributed by atoms with Crippen LogP contribution in [-0.2, 0) is 6.54 Å². The highest BCUT2D eigenvalue weighted by Gasteiger charge is 2.13. The van der Waals surface area contributed by atoms with E-state index in [1.54, 1.807) is 41.5 Å². The number of hydrogen-bond acceptors (Lipinski definition) is 3. The fourth-order valence-corrected chi connectivity index (χ4v) is 3.51. The molecule has 0 aliphatic rings. The molecule has 1 aromatic carbocycles. The second-order valence-corrected chi connectivity index (χ2v) is 6.89. The van der Waals surface area contributed by atoms with Crippen LogP contribution < -0.4 is 5.73 Å². The number of carbonyl (C=O) groups is 1. The second kappa shape index (κ2) is 6.07. The molecule has 0 spiro atoms. The largest absolute Gasteiger partial charge is 0.398 e. The molecule has 0 atom stereocenters. The molecule has 0 unspecified atom stereocenters. The van der Waals surface area contributed by atoms with Gasteiger partial charge in [-0.3, -0.25) is 4.79 Å². The highest BCUT2D eigenvalue weighted by molar-refractivity contribution is 9.10. The van der Waals surface area contributed by atoms with Crippen molar-refractivity contribution in [2.75, 3.05) is 12.8 Å². The normalized spacial score (nSPS) is 10.5. The molecule has 1 aromatic heterocycles. The van der Waals surface area contributed by atoms with E-state index in [1.165, 1.54) is 0 Å². The number of carbonyl (C=O) groups excluding carboxylic acids is 1. The van der Waals surface area contributed by atoms with Crippen molar-refractivity contribution in [1.29, 1.82) is 0 Å². The number of thiophene rings is 1. The zero-order chi connectivity index (χ0) is 14.0. The lowest BCUT2D eigenvalue weighted by atomic mass is 10.2. The van der Waals surface area contributed by atoms with Gasteiger partial charge in [0, 0.05) is 37.5 Å². The van der Waals surface area contributed by atoms with Gasteiger partial charge in [0.15, 0.2) is 0 Å². The van der Waals surface area contributed by atoms with Gasteiger partial charge < -0.3 is 10.6 Å². The highest BCUT2D eigenvalue weighted by Crippen LogP contribution is 2.23. The van der Waals surface area contributed by atoms with Crippen LogP contribution in [0.1, 0.15) is 15.2 Å². The predicted octanol–water partition coefficient (Wildman–Crippen LogP) is 4.13. The summed E-state index contributed by atoms with van der Waals surface area (Å²) in [5, 5.41) is 2.01. The summed E-state index contributed by atoms with van der Waals surface area (Å²) in [6.45, 7) is 0.594. The van der Waals surface area contributed by atoms with E-state index in [-0.39, 0.29) is 5.91 Å². The van der Waals surface area contributed by atoms with Crippen LogP contribution in [0.4, 0.5) is 5.69 Å². The number of rotatable bonds is 3. The van der Waals surface area contributed by atoms with Crippen LogP contribution in [0.5, 0.6) is 0 Å². The zero-order valence-corrected chi connectivity index (χ0v) is 14.2. The van der Waals surface area contributed by atoms with Crippen molar-refractivity contribution >= 4 is 54.8 Å². The SMILES string of the molecule is CN(Cc1cc(Br)cs1)C(=O)c1ccc(N)c(Br)c1. The number of halogens is 2.